The van der Waals surface area contributed by atoms with Crippen molar-refractivity contribution >= 4 is 11.9 Å². The van der Waals surface area contributed by atoms with E-state index in [1.807, 2.05) is 0 Å². The van der Waals surface area contributed by atoms with Gasteiger partial charge in [0.15, 0.2) is 0 Å². The molecule has 0 aromatic heterocycles. The molecule has 0 amide bonds. The summed E-state index contributed by atoms with van der Waals surface area (Å²) in [6.45, 7) is 9.99. The number of carbonyl (C=O) groups excluding carboxylic acids is 2. The Balaban J connectivity index is 1.58. The molecule has 156 valence electrons. The Morgan fingerprint density at radius 1 is 0.964 bits per heavy atom. The Labute approximate surface area is 169 Å². The molecule has 3 fully saturated rings. The average molecular weight is 389 g/mol. The molecule has 0 heterocycles. The molecule has 0 bridgehead atoms. The molecule has 0 saturated heterocycles. The maximum Gasteiger partial charge on any atom is 0.303 e. The molecule has 0 aromatic carbocycles. The predicted octanol–water partition coefficient (Wildman–Crippen LogP) is 5.20. The van der Waals surface area contributed by atoms with Crippen LogP contribution in [0.1, 0.15) is 86.0 Å². The molecule has 7 atom stereocenters. The lowest BCUT2D eigenvalue weighted by Crippen LogP contribution is -2.53. The fourth-order valence-corrected chi connectivity index (χ4v) is 7.57. The highest BCUT2D eigenvalue weighted by Gasteiger charge is 2.60. The lowest BCUT2D eigenvalue weighted by atomic mass is 9.47. The van der Waals surface area contributed by atoms with Crippen molar-refractivity contribution in [2.24, 2.45) is 28.6 Å². The minimum atomic E-state index is -0.346. The summed E-state index contributed by atoms with van der Waals surface area (Å²) in [5.74, 6) is 1.72. The van der Waals surface area contributed by atoms with Crippen molar-refractivity contribution in [3.8, 4) is 0 Å². The van der Waals surface area contributed by atoms with Gasteiger partial charge in [-0.05, 0) is 75.0 Å². The van der Waals surface area contributed by atoms with Gasteiger partial charge in [-0.3, -0.25) is 9.59 Å². The van der Waals surface area contributed by atoms with Gasteiger partial charge >= 0.3 is 11.9 Å². The molecule has 0 radical (unpaired) electrons. The van der Waals surface area contributed by atoms with E-state index < -0.39 is 0 Å². The SMILES string of the molecule is CC(=O)O[C@H]1CC[C@@H]2[C@@H]3CC=C4C[C@@](C)(OC(C)=O)CC[C@]4(C)[C@@H]3CC[C@]12C. The average Bonchev–Trinajstić information content (AvgIpc) is 2.91. The van der Waals surface area contributed by atoms with Gasteiger partial charge in [-0.1, -0.05) is 25.5 Å². The Morgan fingerprint density at radius 2 is 1.71 bits per heavy atom. The van der Waals surface area contributed by atoms with Gasteiger partial charge < -0.3 is 9.47 Å². The summed E-state index contributed by atoms with van der Waals surface area (Å²) in [5, 5.41) is 0. The smallest absolute Gasteiger partial charge is 0.303 e. The van der Waals surface area contributed by atoms with Crippen LogP contribution >= 0.6 is 0 Å². The van der Waals surface area contributed by atoms with E-state index in [2.05, 4.69) is 26.8 Å². The second-order valence-electron chi connectivity index (χ2n) is 10.7. The third kappa shape index (κ3) is 3.02. The molecule has 4 nitrogen and oxygen atoms in total. The fraction of sp³-hybridized carbons (Fsp3) is 0.833. The standard InChI is InChI=1S/C24H36O4/c1-15(25)27-21-9-8-19-18-7-6-17-14-22(3,28-16(2)26)12-13-23(17,4)20(18)10-11-24(19,21)5/h6,18-21H,7-14H2,1-5H3/t18-,19+,20+,21-,22-,23-,24-/m0/s1. The van der Waals surface area contributed by atoms with Crippen LogP contribution in [-0.4, -0.2) is 23.6 Å². The summed E-state index contributed by atoms with van der Waals surface area (Å²) in [6, 6.07) is 0. The van der Waals surface area contributed by atoms with Gasteiger partial charge in [-0.25, -0.2) is 0 Å². The molecular formula is C24H36O4. The quantitative estimate of drug-likeness (QED) is 0.482. The topological polar surface area (TPSA) is 52.6 Å². The Bertz CT molecular complexity index is 711. The Kier molecular flexibility index (Phi) is 4.71. The van der Waals surface area contributed by atoms with E-state index >= 15 is 0 Å². The molecule has 4 aliphatic rings. The molecule has 3 saturated carbocycles. The third-order valence-corrected chi connectivity index (χ3v) is 8.97. The number of carbonyl (C=O) groups is 2. The maximum absolute atomic E-state index is 11.6. The van der Waals surface area contributed by atoms with Crippen molar-refractivity contribution in [1.29, 1.82) is 0 Å². The molecular weight excluding hydrogens is 352 g/mol. The first-order valence-corrected chi connectivity index (χ1v) is 11.1. The van der Waals surface area contributed by atoms with Gasteiger partial charge in [0, 0.05) is 25.7 Å². The number of esters is 2. The number of fused-ring (bicyclic) bond motifs is 5. The molecule has 28 heavy (non-hydrogen) atoms. The number of hydrogen-bond donors (Lipinski definition) is 0. The fourth-order valence-electron chi connectivity index (χ4n) is 7.57. The molecule has 0 N–H and O–H groups in total. The second kappa shape index (κ2) is 6.60. The van der Waals surface area contributed by atoms with Crippen LogP contribution in [0.15, 0.2) is 11.6 Å². The largest absolute Gasteiger partial charge is 0.462 e. The van der Waals surface area contributed by atoms with Crippen LogP contribution in [0.2, 0.25) is 0 Å². The van der Waals surface area contributed by atoms with Gasteiger partial charge in [0.05, 0.1) is 0 Å². The first-order valence-electron chi connectivity index (χ1n) is 11.1. The summed E-state index contributed by atoms with van der Waals surface area (Å²) in [7, 11) is 0. The molecule has 0 aliphatic heterocycles. The number of ether oxygens (including phenoxy) is 2. The summed E-state index contributed by atoms with van der Waals surface area (Å²) in [6.07, 6.45) is 11.2. The van der Waals surface area contributed by atoms with Crippen molar-refractivity contribution in [2.75, 3.05) is 0 Å². The Hall–Kier alpha value is -1.32. The van der Waals surface area contributed by atoms with Crippen LogP contribution in [0.4, 0.5) is 0 Å². The molecule has 0 unspecified atom stereocenters. The van der Waals surface area contributed by atoms with Gasteiger partial charge in [0.2, 0.25) is 0 Å². The van der Waals surface area contributed by atoms with Crippen LogP contribution < -0.4 is 0 Å². The van der Waals surface area contributed by atoms with E-state index in [0.717, 1.165) is 38.5 Å². The van der Waals surface area contributed by atoms with Crippen LogP contribution in [0, 0.1) is 28.6 Å². The number of rotatable bonds is 2. The third-order valence-electron chi connectivity index (χ3n) is 8.97. The lowest BCUT2D eigenvalue weighted by molar-refractivity contribution is -0.161. The summed E-state index contributed by atoms with van der Waals surface area (Å²) in [4.78, 5) is 23.2. The van der Waals surface area contributed by atoms with Crippen LogP contribution in [0.5, 0.6) is 0 Å². The molecule has 0 aromatic rings. The van der Waals surface area contributed by atoms with Crippen LogP contribution in [0.3, 0.4) is 0 Å². The van der Waals surface area contributed by atoms with Crippen molar-refractivity contribution in [3.05, 3.63) is 11.6 Å². The maximum atomic E-state index is 11.6. The Morgan fingerprint density at radius 3 is 2.39 bits per heavy atom. The highest BCUT2D eigenvalue weighted by atomic mass is 16.6. The van der Waals surface area contributed by atoms with E-state index in [0.29, 0.717) is 17.8 Å². The van der Waals surface area contributed by atoms with Crippen LogP contribution in [0.25, 0.3) is 0 Å². The highest BCUT2D eigenvalue weighted by molar-refractivity contribution is 5.66. The molecule has 0 spiro atoms. The van der Waals surface area contributed by atoms with Crippen molar-refractivity contribution in [1.82, 2.24) is 0 Å². The van der Waals surface area contributed by atoms with Gasteiger partial charge in [-0.15, -0.1) is 0 Å². The van der Waals surface area contributed by atoms with Crippen molar-refractivity contribution in [3.63, 3.8) is 0 Å². The highest BCUT2D eigenvalue weighted by Crippen LogP contribution is 2.66. The van der Waals surface area contributed by atoms with E-state index in [9.17, 15) is 9.59 Å². The molecule has 4 heteroatoms. The number of allylic oxidation sites excluding steroid dienone is 1. The lowest BCUT2D eigenvalue weighted by Gasteiger charge is -2.58. The van der Waals surface area contributed by atoms with Crippen molar-refractivity contribution < 1.29 is 19.1 Å². The zero-order chi connectivity index (χ0) is 20.3. The minimum Gasteiger partial charge on any atom is -0.462 e. The van der Waals surface area contributed by atoms with Gasteiger partial charge in [-0.2, -0.15) is 0 Å². The van der Waals surface area contributed by atoms with E-state index in [1.54, 1.807) is 6.92 Å². The summed E-state index contributed by atoms with van der Waals surface area (Å²) >= 11 is 0. The first-order chi connectivity index (χ1) is 13.1. The molecule has 4 aliphatic carbocycles. The zero-order valence-corrected chi connectivity index (χ0v) is 18.2. The summed E-state index contributed by atoms with van der Waals surface area (Å²) < 4.78 is 11.5. The van der Waals surface area contributed by atoms with Crippen molar-refractivity contribution in [2.45, 2.75) is 97.7 Å². The second-order valence-corrected chi connectivity index (χ2v) is 10.7. The monoisotopic (exact) mass is 388 g/mol. The molecule has 4 rings (SSSR count). The normalized spacial score (nSPS) is 47.2. The summed E-state index contributed by atoms with van der Waals surface area (Å²) in [5.41, 5.74) is 1.53. The zero-order valence-electron chi connectivity index (χ0n) is 18.2. The van der Waals surface area contributed by atoms with Gasteiger partial charge in [0.1, 0.15) is 11.7 Å². The number of hydrogen-bond acceptors (Lipinski definition) is 4. The van der Waals surface area contributed by atoms with E-state index in [-0.39, 0.29) is 34.5 Å². The minimum absolute atomic E-state index is 0.0905. The first kappa shape index (κ1) is 20.0. The van der Waals surface area contributed by atoms with E-state index in [4.69, 9.17) is 9.47 Å². The van der Waals surface area contributed by atoms with E-state index in [1.165, 1.54) is 25.3 Å². The predicted molar refractivity (Wildman–Crippen MR) is 107 cm³/mol. The van der Waals surface area contributed by atoms with Crippen LogP contribution in [-0.2, 0) is 19.1 Å². The van der Waals surface area contributed by atoms with Gasteiger partial charge in [0.25, 0.3) is 0 Å².